The van der Waals surface area contributed by atoms with Crippen molar-refractivity contribution in [3.63, 3.8) is 0 Å². The van der Waals surface area contributed by atoms with Crippen molar-refractivity contribution in [3.8, 4) is 0 Å². The molecule has 0 aliphatic carbocycles. The van der Waals surface area contributed by atoms with Crippen LogP contribution < -0.4 is 0 Å². The zero-order valence-electron chi connectivity index (χ0n) is 7.72. The SMILES string of the molecule is CCC(C)(C)OCCCC=O. The van der Waals surface area contributed by atoms with Crippen LogP contribution in [0.4, 0.5) is 0 Å². The summed E-state index contributed by atoms with van der Waals surface area (Å²) < 4.78 is 5.52. The fourth-order valence-electron chi connectivity index (χ4n) is 0.617. The van der Waals surface area contributed by atoms with Crippen LogP contribution in [0.25, 0.3) is 0 Å². The third-order valence-corrected chi connectivity index (χ3v) is 1.81. The summed E-state index contributed by atoms with van der Waals surface area (Å²) >= 11 is 0. The molecule has 0 aromatic carbocycles. The van der Waals surface area contributed by atoms with Crippen molar-refractivity contribution < 1.29 is 9.53 Å². The van der Waals surface area contributed by atoms with E-state index in [2.05, 4.69) is 20.8 Å². The van der Waals surface area contributed by atoms with Crippen LogP contribution in [-0.2, 0) is 9.53 Å². The number of aldehydes is 1. The van der Waals surface area contributed by atoms with Crippen LogP contribution in [-0.4, -0.2) is 18.5 Å². The molecule has 0 rings (SSSR count). The molecule has 0 radical (unpaired) electrons. The largest absolute Gasteiger partial charge is 0.376 e. The van der Waals surface area contributed by atoms with Crippen LogP contribution in [0, 0.1) is 0 Å². The maximum atomic E-state index is 9.94. The molecule has 66 valence electrons. The molecular weight excluding hydrogens is 140 g/mol. The lowest BCUT2D eigenvalue weighted by Crippen LogP contribution is -2.23. The van der Waals surface area contributed by atoms with Gasteiger partial charge in [-0.2, -0.15) is 0 Å². The van der Waals surface area contributed by atoms with Crippen LogP contribution in [0.1, 0.15) is 40.0 Å². The number of unbranched alkanes of at least 4 members (excludes halogenated alkanes) is 1. The molecule has 0 aliphatic rings. The van der Waals surface area contributed by atoms with E-state index in [1.54, 1.807) is 0 Å². The molecule has 2 nitrogen and oxygen atoms in total. The Bertz CT molecular complexity index is 108. The second kappa shape index (κ2) is 5.30. The fourth-order valence-corrected chi connectivity index (χ4v) is 0.617. The van der Waals surface area contributed by atoms with Crippen molar-refractivity contribution in [2.24, 2.45) is 0 Å². The van der Waals surface area contributed by atoms with Gasteiger partial charge in [-0.1, -0.05) is 6.92 Å². The number of carbonyl (C=O) groups excluding carboxylic acids is 1. The first-order valence-corrected chi connectivity index (χ1v) is 4.20. The third kappa shape index (κ3) is 6.05. The summed E-state index contributed by atoms with van der Waals surface area (Å²) in [6.07, 6.45) is 3.39. The first-order valence-electron chi connectivity index (χ1n) is 4.20. The van der Waals surface area contributed by atoms with Crippen molar-refractivity contribution in [2.45, 2.75) is 45.6 Å². The van der Waals surface area contributed by atoms with Crippen LogP contribution in [0.5, 0.6) is 0 Å². The van der Waals surface area contributed by atoms with E-state index >= 15 is 0 Å². The molecule has 0 saturated heterocycles. The Hall–Kier alpha value is -0.370. The zero-order chi connectivity index (χ0) is 8.74. The maximum absolute atomic E-state index is 9.94. The maximum Gasteiger partial charge on any atom is 0.120 e. The Labute approximate surface area is 68.9 Å². The summed E-state index contributed by atoms with van der Waals surface area (Å²) in [5.41, 5.74) is -0.0249. The van der Waals surface area contributed by atoms with Gasteiger partial charge in [0.05, 0.1) is 5.60 Å². The molecule has 0 amide bonds. The molecule has 0 N–H and O–H groups in total. The lowest BCUT2D eigenvalue weighted by Gasteiger charge is -2.23. The standard InChI is InChI=1S/C9H18O2/c1-4-9(2,3)11-8-6-5-7-10/h7H,4-6,8H2,1-3H3. The van der Waals surface area contributed by atoms with Crippen LogP contribution in [0.2, 0.25) is 0 Å². The molecule has 0 aromatic heterocycles. The van der Waals surface area contributed by atoms with Gasteiger partial charge in [0.15, 0.2) is 0 Å². The van der Waals surface area contributed by atoms with E-state index in [4.69, 9.17) is 4.74 Å². The monoisotopic (exact) mass is 158 g/mol. The predicted octanol–water partition coefficient (Wildman–Crippen LogP) is 2.17. The molecule has 0 aromatic rings. The normalized spacial score (nSPS) is 11.5. The number of ether oxygens (including phenoxy) is 1. The van der Waals surface area contributed by atoms with Gasteiger partial charge in [-0.3, -0.25) is 0 Å². The van der Waals surface area contributed by atoms with E-state index < -0.39 is 0 Å². The average molecular weight is 158 g/mol. The van der Waals surface area contributed by atoms with E-state index in [9.17, 15) is 4.79 Å². The average Bonchev–Trinajstić information content (AvgIpc) is 1.99. The molecule has 0 spiro atoms. The van der Waals surface area contributed by atoms with Gasteiger partial charge in [-0.25, -0.2) is 0 Å². The highest BCUT2D eigenvalue weighted by Gasteiger charge is 2.13. The van der Waals surface area contributed by atoms with E-state index in [0.29, 0.717) is 13.0 Å². The van der Waals surface area contributed by atoms with Gasteiger partial charge in [0.25, 0.3) is 0 Å². The minimum absolute atomic E-state index is 0.0249. The highest BCUT2D eigenvalue weighted by molar-refractivity contribution is 5.48. The molecule has 0 fully saturated rings. The van der Waals surface area contributed by atoms with Crippen LogP contribution in [0.15, 0.2) is 0 Å². The quantitative estimate of drug-likeness (QED) is 0.437. The number of hydrogen-bond acceptors (Lipinski definition) is 2. The number of carbonyl (C=O) groups is 1. The van der Waals surface area contributed by atoms with Crippen molar-refractivity contribution in [1.29, 1.82) is 0 Å². The molecular formula is C9H18O2. The summed E-state index contributed by atoms with van der Waals surface area (Å²) in [4.78, 5) is 9.94. The Morgan fingerprint density at radius 1 is 1.45 bits per heavy atom. The molecule has 0 heterocycles. The van der Waals surface area contributed by atoms with Crippen molar-refractivity contribution >= 4 is 6.29 Å². The Balaban J connectivity index is 3.29. The van der Waals surface area contributed by atoms with Gasteiger partial charge in [0, 0.05) is 13.0 Å². The van der Waals surface area contributed by atoms with E-state index in [1.807, 2.05) is 0 Å². The Morgan fingerprint density at radius 3 is 2.55 bits per heavy atom. The van der Waals surface area contributed by atoms with Crippen molar-refractivity contribution in [2.75, 3.05) is 6.61 Å². The molecule has 11 heavy (non-hydrogen) atoms. The molecule has 0 aliphatic heterocycles. The van der Waals surface area contributed by atoms with E-state index in [-0.39, 0.29) is 5.60 Å². The number of rotatable bonds is 6. The molecule has 0 bridgehead atoms. The highest BCUT2D eigenvalue weighted by Crippen LogP contribution is 2.13. The first kappa shape index (κ1) is 10.6. The van der Waals surface area contributed by atoms with E-state index in [0.717, 1.165) is 19.1 Å². The summed E-state index contributed by atoms with van der Waals surface area (Å²) in [6, 6.07) is 0. The molecule has 0 atom stereocenters. The molecule has 0 saturated carbocycles. The summed E-state index contributed by atoms with van der Waals surface area (Å²) in [7, 11) is 0. The van der Waals surface area contributed by atoms with Crippen LogP contribution in [0.3, 0.4) is 0 Å². The van der Waals surface area contributed by atoms with Gasteiger partial charge >= 0.3 is 0 Å². The van der Waals surface area contributed by atoms with Gasteiger partial charge in [-0.05, 0) is 26.7 Å². The Morgan fingerprint density at radius 2 is 2.09 bits per heavy atom. The number of hydrogen-bond donors (Lipinski definition) is 0. The second-order valence-corrected chi connectivity index (χ2v) is 3.27. The van der Waals surface area contributed by atoms with Gasteiger partial charge in [0.2, 0.25) is 0 Å². The van der Waals surface area contributed by atoms with Gasteiger partial charge in [-0.15, -0.1) is 0 Å². The predicted molar refractivity (Wildman–Crippen MR) is 45.6 cm³/mol. The topological polar surface area (TPSA) is 26.3 Å². The highest BCUT2D eigenvalue weighted by atomic mass is 16.5. The third-order valence-electron chi connectivity index (χ3n) is 1.81. The lowest BCUT2D eigenvalue weighted by molar-refractivity contribution is -0.108. The molecule has 0 unspecified atom stereocenters. The van der Waals surface area contributed by atoms with Crippen LogP contribution >= 0.6 is 0 Å². The smallest absolute Gasteiger partial charge is 0.120 e. The lowest BCUT2D eigenvalue weighted by atomic mass is 10.1. The zero-order valence-corrected chi connectivity index (χ0v) is 7.72. The summed E-state index contributed by atoms with van der Waals surface area (Å²) in [5, 5.41) is 0. The van der Waals surface area contributed by atoms with Crippen molar-refractivity contribution in [3.05, 3.63) is 0 Å². The fraction of sp³-hybridized carbons (Fsp3) is 0.889. The van der Waals surface area contributed by atoms with E-state index in [1.165, 1.54) is 0 Å². The minimum atomic E-state index is -0.0249. The van der Waals surface area contributed by atoms with Crippen molar-refractivity contribution in [1.82, 2.24) is 0 Å². The first-order chi connectivity index (χ1) is 5.12. The minimum Gasteiger partial charge on any atom is -0.376 e. The van der Waals surface area contributed by atoms with Gasteiger partial charge < -0.3 is 9.53 Å². The molecule has 2 heteroatoms. The summed E-state index contributed by atoms with van der Waals surface area (Å²) in [6.45, 7) is 6.92. The summed E-state index contributed by atoms with van der Waals surface area (Å²) in [5.74, 6) is 0. The second-order valence-electron chi connectivity index (χ2n) is 3.27. The Kier molecular flexibility index (Phi) is 5.12. The van der Waals surface area contributed by atoms with Gasteiger partial charge in [0.1, 0.15) is 6.29 Å².